The topological polar surface area (TPSA) is 31.2 Å². The first-order chi connectivity index (χ1) is 11.1. The van der Waals surface area contributed by atoms with Gasteiger partial charge in [0.1, 0.15) is 5.82 Å². The number of hydrogen-bond acceptors (Lipinski definition) is 2. The van der Waals surface area contributed by atoms with Gasteiger partial charge < -0.3 is 9.30 Å². The molecule has 0 aliphatic carbocycles. The molecule has 0 atom stereocenters. The molecule has 4 heteroatoms. The zero-order chi connectivity index (χ0) is 16.4. The molecule has 1 heterocycles. The van der Waals surface area contributed by atoms with E-state index in [1.165, 1.54) is 19.2 Å². The summed E-state index contributed by atoms with van der Waals surface area (Å²) in [6.45, 7) is 1.87. The highest BCUT2D eigenvalue weighted by atomic mass is 19.1. The molecule has 0 saturated carbocycles. The first kappa shape index (κ1) is 15.0. The third-order valence-electron chi connectivity index (χ3n) is 3.83. The Morgan fingerprint density at radius 3 is 2.30 bits per heavy atom. The lowest BCUT2D eigenvalue weighted by Crippen LogP contribution is -2.05. The molecule has 0 aliphatic rings. The molecule has 1 aromatic heterocycles. The van der Waals surface area contributed by atoms with Gasteiger partial charge in [0.05, 0.1) is 12.7 Å². The van der Waals surface area contributed by atoms with Gasteiger partial charge >= 0.3 is 5.97 Å². The number of carbonyl (C=O) groups excluding carboxylic acids is 1. The number of carbonyl (C=O) groups is 1. The monoisotopic (exact) mass is 309 g/mol. The molecule has 0 N–H and O–H groups in total. The Bertz CT molecular complexity index is 836. The Hall–Kier alpha value is -2.88. The van der Waals surface area contributed by atoms with Crippen molar-refractivity contribution < 1.29 is 13.9 Å². The molecule has 0 amide bonds. The minimum Gasteiger partial charge on any atom is -0.465 e. The van der Waals surface area contributed by atoms with Gasteiger partial charge in [0.2, 0.25) is 0 Å². The van der Waals surface area contributed by atoms with E-state index in [4.69, 9.17) is 4.74 Å². The van der Waals surface area contributed by atoms with Gasteiger partial charge in [0, 0.05) is 23.1 Å². The number of esters is 1. The maximum absolute atomic E-state index is 13.2. The number of benzene rings is 2. The van der Waals surface area contributed by atoms with E-state index in [1.807, 2.05) is 48.0 Å². The molecule has 0 bridgehead atoms. The minimum absolute atomic E-state index is 0.312. The summed E-state index contributed by atoms with van der Waals surface area (Å²) >= 11 is 0. The van der Waals surface area contributed by atoms with E-state index < -0.39 is 5.97 Å². The molecule has 3 aromatic rings. The zero-order valence-electron chi connectivity index (χ0n) is 12.9. The molecule has 0 spiro atoms. The summed E-state index contributed by atoms with van der Waals surface area (Å²) in [5.74, 6) is -0.718. The second kappa shape index (κ2) is 6.08. The summed E-state index contributed by atoms with van der Waals surface area (Å²) < 4.78 is 20.0. The van der Waals surface area contributed by atoms with Gasteiger partial charge in [-0.25, -0.2) is 9.18 Å². The highest BCUT2D eigenvalue weighted by Gasteiger charge is 2.21. The van der Waals surface area contributed by atoms with Crippen LogP contribution in [0.1, 0.15) is 16.1 Å². The van der Waals surface area contributed by atoms with Crippen LogP contribution < -0.4 is 0 Å². The highest BCUT2D eigenvalue weighted by Crippen LogP contribution is 2.30. The lowest BCUT2D eigenvalue weighted by molar-refractivity contribution is 0.0601. The zero-order valence-corrected chi connectivity index (χ0v) is 12.9. The summed E-state index contributed by atoms with van der Waals surface area (Å²) in [5, 5.41) is 0. The molecule has 23 heavy (non-hydrogen) atoms. The van der Waals surface area contributed by atoms with Gasteiger partial charge in [0.15, 0.2) is 0 Å². The van der Waals surface area contributed by atoms with Gasteiger partial charge in [-0.05, 0) is 36.8 Å². The Morgan fingerprint density at radius 2 is 1.70 bits per heavy atom. The number of nitrogens with zero attached hydrogens (tertiary/aromatic N) is 1. The van der Waals surface area contributed by atoms with E-state index >= 15 is 0 Å². The quantitative estimate of drug-likeness (QED) is 0.672. The van der Waals surface area contributed by atoms with E-state index in [0.29, 0.717) is 5.56 Å². The number of aromatic nitrogens is 1. The molecular formula is C19H16FNO2. The molecule has 116 valence electrons. The van der Waals surface area contributed by atoms with Crippen LogP contribution in [0.2, 0.25) is 0 Å². The lowest BCUT2D eigenvalue weighted by atomic mass is 10.0. The van der Waals surface area contributed by atoms with Crippen LogP contribution in [0.25, 0.3) is 16.8 Å². The summed E-state index contributed by atoms with van der Waals surface area (Å²) in [5.41, 5.74) is 3.71. The van der Waals surface area contributed by atoms with Gasteiger partial charge in [-0.3, -0.25) is 0 Å². The van der Waals surface area contributed by atoms with Crippen LogP contribution in [0, 0.1) is 12.7 Å². The summed E-state index contributed by atoms with van der Waals surface area (Å²) in [6.07, 6.45) is 1.88. The fourth-order valence-corrected chi connectivity index (χ4v) is 2.67. The summed E-state index contributed by atoms with van der Waals surface area (Å²) in [7, 11) is 1.36. The Labute approximate surface area is 134 Å². The van der Waals surface area contributed by atoms with Crippen LogP contribution >= 0.6 is 0 Å². The van der Waals surface area contributed by atoms with Crippen molar-refractivity contribution in [3.8, 4) is 16.8 Å². The van der Waals surface area contributed by atoms with Gasteiger partial charge in [-0.1, -0.05) is 30.3 Å². The Kier molecular flexibility index (Phi) is 3.98. The second-order valence-electron chi connectivity index (χ2n) is 5.21. The van der Waals surface area contributed by atoms with Gasteiger partial charge in [0.25, 0.3) is 0 Å². The van der Waals surface area contributed by atoms with E-state index in [2.05, 4.69) is 0 Å². The second-order valence-corrected chi connectivity index (χ2v) is 5.21. The Balaban J connectivity index is 2.22. The van der Waals surface area contributed by atoms with Gasteiger partial charge in [-0.2, -0.15) is 0 Å². The van der Waals surface area contributed by atoms with Crippen molar-refractivity contribution in [2.45, 2.75) is 6.92 Å². The number of methoxy groups -OCH3 is 1. The number of ether oxygens (including phenoxy) is 1. The van der Waals surface area contributed by atoms with Crippen molar-refractivity contribution >= 4 is 5.97 Å². The molecular weight excluding hydrogens is 293 g/mol. The first-order valence-electron chi connectivity index (χ1n) is 7.23. The molecule has 0 unspecified atom stereocenters. The minimum atomic E-state index is -0.406. The van der Waals surface area contributed by atoms with Crippen molar-refractivity contribution in [2.24, 2.45) is 0 Å². The predicted octanol–water partition coefficient (Wildman–Crippen LogP) is 4.38. The van der Waals surface area contributed by atoms with E-state index in [1.54, 1.807) is 12.1 Å². The van der Waals surface area contributed by atoms with Crippen molar-refractivity contribution in [1.29, 1.82) is 0 Å². The van der Waals surface area contributed by atoms with Crippen LogP contribution in [-0.2, 0) is 4.74 Å². The average Bonchev–Trinajstić information content (AvgIpc) is 2.93. The third kappa shape index (κ3) is 2.75. The molecule has 3 rings (SSSR count). The highest BCUT2D eigenvalue weighted by molar-refractivity contribution is 5.99. The molecule has 0 saturated heterocycles. The van der Waals surface area contributed by atoms with E-state index in [0.717, 1.165) is 22.5 Å². The molecule has 0 fully saturated rings. The molecule has 0 radical (unpaired) electrons. The van der Waals surface area contributed by atoms with Crippen molar-refractivity contribution in [3.05, 3.63) is 77.9 Å². The average molecular weight is 309 g/mol. The fraction of sp³-hybridized carbons (Fsp3) is 0.105. The van der Waals surface area contributed by atoms with Crippen LogP contribution in [0.15, 0.2) is 60.8 Å². The fourth-order valence-electron chi connectivity index (χ4n) is 2.67. The van der Waals surface area contributed by atoms with Crippen molar-refractivity contribution in [3.63, 3.8) is 0 Å². The maximum atomic E-state index is 13.2. The van der Waals surface area contributed by atoms with Crippen LogP contribution in [0.3, 0.4) is 0 Å². The number of halogens is 1. The van der Waals surface area contributed by atoms with Gasteiger partial charge in [-0.15, -0.1) is 0 Å². The van der Waals surface area contributed by atoms with Crippen molar-refractivity contribution in [2.75, 3.05) is 7.11 Å². The Morgan fingerprint density at radius 1 is 1.04 bits per heavy atom. The first-order valence-corrected chi connectivity index (χ1v) is 7.23. The molecule has 3 nitrogen and oxygen atoms in total. The van der Waals surface area contributed by atoms with Crippen LogP contribution in [0.4, 0.5) is 4.39 Å². The van der Waals surface area contributed by atoms with Crippen molar-refractivity contribution in [1.82, 2.24) is 4.57 Å². The lowest BCUT2D eigenvalue weighted by Gasteiger charge is -2.06. The number of para-hydroxylation sites is 1. The van der Waals surface area contributed by atoms with Crippen LogP contribution in [-0.4, -0.2) is 17.6 Å². The number of rotatable bonds is 3. The normalized spacial score (nSPS) is 10.6. The molecule has 0 aliphatic heterocycles. The molecule has 2 aromatic carbocycles. The predicted molar refractivity (Wildman–Crippen MR) is 87.2 cm³/mol. The van der Waals surface area contributed by atoms with Crippen LogP contribution in [0.5, 0.6) is 0 Å². The van der Waals surface area contributed by atoms with E-state index in [9.17, 15) is 9.18 Å². The SMILES string of the molecule is COC(=O)c1c(-c2ccc(F)cc2)cn(-c2ccccc2)c1C. The summed E-state index contributed by atoms with van der Waals surface area (Å²) in [6, 6.07) is 15.8. The summed E-state index contributed by atoms with van der Waals surface area (Å²) in [4.78, 5) is 12.2. The maximum Gasteiger partial charge on any atom is 0.340 e. The number of hydrogen-bond donors (Lipinski definition) is 0. The third-order valence-corrected chi connectivity index (χ3v) is 3.83. The van der Waals surface area contributed by atoms with E-state index in [-0.39, 0.29) is 5.82 Å². The smallest absolute Gasteiger partial charge is 0.340 e. The largest absolute Gasteiger partial charge is 0.465 e. The standard InChI is InChI=1S/C19H16FNO2/c1-13-18(19(22)23-2)17(14-8-10-15(20)11-9-14)12-21(13)16-6-4-3-5-7-16/h3-12H,1-2H3.